The van der Waals surface area contributed by atoms with E-state index < -0.39 is 0 Å². The first-order valence-corrected chi connectivity index (χ1v) is 7.79. The first-order chi connectivity index (χ1) is 11.6. The predicted molar refractivity (Wildman–Crippen MR) is 97.8 cm³/mol. The summed E-state index contributed by atoms with van der Waals surface area (Å²) in [6, 6.07) is 17.0. The van der Waals surface area contributed by atoms with Crippen molar-refractivity contribution < 1.29 is 4.74 Å². The van der Waals surface area contributed by atoms with Gasteiger partial charge in [-0.05, 0) is 49.4 Å². The monoisotopic (exact) mass is 340 g/mol. The maximum Gasteiger partial charge on any atom is 0.136 e. The second kappa shape index (κ2) is 7.19. The van der Waals surface area contributed by atoms with Gasteiger partial charge in [0.25, 0.3) is 0 Å². The van der Waals surface area contributed by atoms with Gasteiger partial charge in [-0.1, -0.05) is 17.7 Å². The summed E-state index contributed by atoms with van der Waals surface area (Å²) in [4.78, 5) is 8.81. The molecule has 3 aromatic rings. The Balaban J connectivity index is 1.80. The van der Waals surface area contributed by atoms with Gasteiger partial charge in [0.15, 0.2) is 0 Å². The standard InChI is InChI=1S/C18H17ClN4O/c1-12-20-17(22-14-6-8-16(24-2)9-7-14)11-18(21-12)23-15-5-3-4-13(19)10-15/h3-11H,1-2H3,(H2,20,21,22,23). The molecule has 0 aliphatic heterocycles. The fraction of sp³-hybridized carbons (Fsp3) is 0.111. The van der Waals surface area contributed by atoms with E-state index in [-0.39, 0.29) is 0 Å². The van der Waals surface area contributed by atoms with E-state index in [2.05, 4.69) is 20.6 Å². The molecule has 3 rings (SSSR count). The smallest absolute Gasteiger partial charge is 0.136 e. The second-order valence-corrected chi connectivity index (χ2v) is 5.61. The molecular weight excluding hydrogens is 324 g/mol. The van der Waals surface area contributed by atoms with Crippen LogP contribution >= 0.6 is 11.6 Å². The summed E-state index contributed by atoms with van der Waals surface area (Å²) in [5, 5.41) is 7.16. The van der Waals surface area contributed by atoms with E-state index in [1.165, 1.54) is 0 Å². The van der Waals surface area contributed by atoms with Crippen LogP contribution in [0.4, 0.5) is 23.0 Å². The molecule has 0 aliphatic carbocycles. The molecule has 0 bridgehead atoms. The Bertz CT molecular complexity index is 837. The van der Waals surface area contributed by atoms with E-state index in [9.17, 15) is 0 Å². The Kier molecular flexibility index (Phi) is 4.82. The molecule has 5 nitrogen and oxygen atoms in total. The van der Waals surface area contributed by atoms with Crippen LogP contribution in [0.1, 0.15) is 5.82 Å². The van der Waals surface area contributed by atoms with Gasteiger partial charge in [-0.25, -0.2) is 9.97 Å². The molecule has 0 unspecified atom stereocenters. The van der Waals surface area contributed by atoms with Crippen molar-refractivity contribution in [1.29, 1.82) is 0 Å². The molecule has 0 radical (unpaired) electrons. The first kappa shape index (κ1) is 16.1. The highest BCUT2D eigenvalue weighted by atomic mass is 35.5. The molecule has 24 heavy (non-hydrogen) atoms. The molecule has 0 aliphatic rings. The number of rotatable bonds is 5. The highest BCUT2D eigenvalue weighted by Crippen LogP contribution is 2.23. The molecule has 0 spiro atoms. The number of benzene rings is 2. The molecule has 2 aromatic carbocycles. The van der Waals surface area contributed by atoms with E-state index in [0.29, 0.717) is 22.5 Å². The highest BCUT2D eigenvalue weighted by Gasteiger charge is 2.04. The van der Waals surface area contributed by atoms with E-state index >= 15 is 0 Å². The summed E-state index contributed by atoms with van der Waals surface area (Å²) in [6.07, 6.45) is 0. The van der Waals surface area contributed by atoms with Crippen LogP contribution in [0.2, 0.25) is 5.02 Å². The maximum atomic E-state index is 6.01. The quantitative estimate of drug-likeness (QED) is 0.689. The maximum absolute atomic E-state index is 6.01. The lowest BCUT2D eigenvalue weighted by molar-refractivity contribution is 0.415. The summed E-state index contributed by atoms with van der Waals surface area (Å²) >= 11 is 6.01. The molecule has 122 valence electrons. The van der Waals surface area contributed by atoms with Crippen LogP contribution in [0.3, 0.4) is 0 Å². The van der Waals surface area contributed by atoms with Gasteiger partial charge in [0, 0.05) is 22.5 Å². The summed E-state index contributed by atoms with van der Waals surface area (Å²) in [7, 11) is 1.64. The summed E-state index contributed by atoms with van der Waals surface area (Å²) in [6.45, 7) is 1.85. The lowest BCUT2D eigenvalue weighted by Crippen LogP contribution is -2.01. The number of methoxy groups -OCH3 is 1. The molecule has 0 saturated carbocycles. The molecular formula is C18H17ClN4O. The number of aromatic nitrogens is 2. The minimum atomic E-state index is 0.665. The van der Waals surface area contributed by atoms with Gasteiger partial charge < -0.3 is 15.4 Å². The third kappa shape index (κ3) is 4.14. The molecule has 0 saturated heterocycles. The first-order valence-electron chi connectivity index (χ1n) is 7.42. The molecule has 0 fully saturated rings. The minimum absolute atomic E-state index is 0.665. The molecule has 2 N–H and O–H groups in total. The van der Waals surface area contributed by atoms with Crippen molar-refractivity contribution in [2.45, 2.75) is 6.92 Å². The minimum Gasteiger partial charge on any atom is -0.497 e. The number of hydrogen-bond donors (Lipinski definition) is 2. The van der Waals surface area contributed by atoms with Crippen molar-refractivity contribution in [1.82, 2.24) is 9.97 Å². The number of hydrogen-bond acceptors (Lipinski definition) is 5. The number of halogens is 1. The number of nitrogens with one attached hydrogen (secondary N) is 2. The number of ether oxygens (including phenoxy) is 1. The fourth-order valence-electron chi connectivity index (χ4n) is 2.23. The van der Waals surface area contributed by atoms with E-state index in [1.807, 2.05) is 61.5 Å². The number of anilines is 4. The van der Waals surface area contributed by atoms with E-state index in [0.717, 1.165) is 17.1 Å². The van der Waals surface area contributed by atoms with Crippen LogP contribution in [0.5, 0.6) is 5.75 Å². The van der Waals surface area contributed by atoms with Crippen LogP contribution in [0.15, 0.2) is 54.6 Å². The summed E-state index contributed by atoms with van der Waals surface area (Å²) < 4.78 is 5.16. The van der Waals surface area contributed by atoms with E-state index in [4.69, 9.17) is 16.3 Å². The zero-order valence-corrected chi connectivity index (χ0v) is 14.1. The lowest BCUT2D eigenvalue weighted by atomic mass is 10.3. The average Bonchev–Trinajstić information content (AvgIpc) is 2.55. The highest BCUT2D eigenvalue weighted by molar-refractivity contribution is 6.30. The van der Waals surface area contributed by atoms with Gasteiger partial charge in [0.2, 0.25) is 0 Å². The van der Waals surface area contributed by atoms with Crippen molar-refractivity contribution in [2.24, 2.45) is 0 Å². The van der Waals surface area contributed by atoms with E-state index in [1.54, 1.807) is 7.11 Å². The predicted octanol–water partition coefficient (Wildman–Crippen LogP) is 4.93. The normalized spacial score (nSPS) is 10.3. The van der Waals surface area contributed by atoms with Gasteiger partial charge in [0.1, 0.15) is 23.2 Å². The summed E-state index contributed by atoms with van der Waals surface area (Å²) in [5.41, 5.74) is 1.79. The van der Waals surface area contributed by atoms with Crippen LogP contribution < -0.4 is 15.4 Å². The topological polar surface area (TPSA) is 59.1 Å². The Labute approximate surface area is 145 Å². The van der Waals surface area contributed by atoms with Gasteiger partial charge >= 0.3 is 0 Å². The summed E-state index contributed by atoms with van der Waals surface area (Å²) in [5.74, 6) is 2.87. The molecule has 0 atom stereocenters. The third-order valence-corrected chi connectivity index (χ3v) is 3.53. The van der Waals surface area contributed by atoms with Crippen molar-refractivity contribution in [3.63, 3.8) is 0 Å². The van der Waals surface area contributed by atoms with Crippen LogP contribution in [0, 0.1) is 6.92 Å². The molecule has 0 amide bonds. The molecule has 1 aromatic heterocycles. The lowest BCUT2D eigenvalue weighted by Gasteiger charge is -2.11. The zero-order valence-electron chi connectivity index (χ0n) is 13.4. The van der Waals surface area contributed by atoms with Crippen molar-refractivity contribution in [3.8, 4) is 5.75 Å². The third-order valence-electron chi connectivity index (χ3n) is 3.30. The SMILES string of the molecule is COc1ccc(Nc2cc(Nc3cccc(Cl)c3)nc(C)n2)cc1. The number of nitrogens with zero attached hydrogens (tertiary/aromatic N) is 2. The van der Waals surface area contributed by atoms with Gasteiger partial charge in [-0.2, -0.15) is 0 Å². The second-order valence-electron chi connectivity index (χ2n) is 5.17. The zero-order chi connectivity index (χ0) is 16.9. The largest absolute Gasteiger partial charge is 0.497 e. The Morgan fingerprint density at radius 3 is 2.17 bits per heavy atom. The van der Waals surface area contributed by atoms with Gasteiger partial charge in [-0.3, -0.25) is 0 Å². The number of aryl methyl sites for hydroxylation is 1. The van der Waals surface area contributed by atoms with Crippen molar-refractivity contribution >= 4 is 34.6 Å². The van der Waals surface area contributed by atoms with Crippen molar-refractivity contribution in [3.05, 3.63) is 65.4 Å². The van der Waals surface area contributed by atoms with Crippen molar-refractivity contribution in [2.75, 3.05) is 17.7 Å². The van der Waals surface area contributed by atoms with Gasteiger partial charge in [0.05, 0.1) is 7.11 Å². The Morgan fingerprint density at radius 1 is 0.875 bits per heavy atom. The fourth-order valence-corrected chi connectivity index (χ4v) is 2.42. The molecule has 6 heteroatoms. The molecule has 1 heterocycles. The van der Waals surface area contributed by atoms with Crippen LogP contribution in [-0.4, -0.2) is 17.1 Å². The Morgan fingerprint density at radius 2 is 1.54 bits per heavy atom. The van der Waals surface area contributed by atoms with Gasteiger partial charge in [-0.15, -0.1) is 0 Å². The van der Waals surface area contributed by atoms with Crippen LogP contribution in [-0.2, 0) is 0 Å². The Hall–Kier alpha value is -2.79. The average molecular weight is 341 g/mol. The van der Waals surface area contributed by atoms with Crippen LogP contribution in [0.25, 0.3) is 0 Å².